The van der Waals surface area contributed by atoms with Crippen LogP contribution in [0.25, 0.3) is 0 Å². The molecule has 0 radical (unpaired) electrons. The number of carbonyl (C=O) groups is 2. The molecule has 0 rings (SSSR count). The third kappa shape index (κ3) is 8.83. The molecule has 0 fully saturated rings. The zero-order valence-corrected chi connectivity index (χ0v) is 3.12. The largest absolute Gasteiger partial charge is 0.516 e. The van der Waals surface area contributed by atoms with E-state index in [0.29, 0.717) is 0 Å². The molecule has 48 valence electrons. The van der Waals surface area contributed by atoms with Crippen molar-refractivity contribution < 1.29 is 24.5 Å². The molecule has 0 aromatic heterocycles. The third-order valence-corrected chi connectivity index (χ3v) is 0.175. The lowest BCUT2D eigenvalue weighted by Gasteiger charge is -1.84. The van der Waals surface area contributed by atoms with Crippen LogP contribution in [0.3, 0.4) is 0 Å². The van der Waals surface area contributed by atoms with E-state index in [1.165, 1.54) is 0 Å². The summed E-state index contributed by atoms with van der Waals surface area (Å²) in [5, 5.41) is 15.0. The fourth-order valence-corrected chi connectivity index (χ4v) is 0.0747. The van der Waals surface area contributed by atoms with Crippen LogP contribution < -0.4 is 0 Å². The molecule has 0 aromatic rings. The minimum absolute atomic E-state index is 0. The van der Waals surface area contributed by atoms with Gasteiger partial charge in [0.2, 0.25) is 0 Å². The minimum atomic E-state index is -1.81. The minimum Gasteiger partial charge on any atom is -0.449 e. The summed E-state index contributed by atoms with van der Waals surface area (Å²) in [5.74, 6) is 0. The van der Waals surface area contributed by atoms with Crippen LogP contribution >= 0.6 is 0 Å². The van der Waals surface area contributed by atoms with E-state index in [-0.39, 0.29) is 7.43 Å². The van der Waals surface area contributed by atoms with Gasteiger partial charge in [-0.05, 0) is 0 Å². The lowest BCUT2D eigenvalue weighted by molar-refractivity contribution is 0.0802. The molecular formula is C3H6O5. The first kappa shape index (κ1) is 9.88. The van der Waals surface area contributed by atoms with Crippen LogP contribution in [0, 0.1) is 0 Å². The maximum absolute atomic E-state index is 9.21. The van der Waals surface area contributed by atoms with Crippen molar-refractivity contribution in [1.29, 1.82) is 0 Å². The van der Waals surface area contributed by atoms with Crippen LogP contribution in [0.4, 0.5) is 9.59 Å². The van der Waals surface area contributed by atoms with Crippen LogP contribution in [-0.4, -0.2) is 22.5 Å². The SMILES string of the molecule is C.O=C(O)OC(=O)O. The molecule has 0 bridgehead atoms. The highest BCUT2D eigenvalue weighted by Gasteiger charge is 2.01. The van der Waals surface area contributed by atoms with E-state index in [9.17, 15) is 9.59 Å². The number of carboxylic acid groups (broad SMARTS) is 2. The number of ether oxygens (including phenoxy) is 1. The molecule has 0 aromatic carbocycles. The highest BCUT2D eigenvalue weighted by Crippen LogP contribution is 1.73. The molecule has 0 aliphatic heterocycles. The monoisotopic (exact) mass is 122 g/mol. The first-order valence-corrected chi connectivity index (χ1v) is 1.26. The summed E-state index contributed by atoms with van der Waals surface area (Å²) in [6.45, 7) is 0. The van der Waals surface area contributed by atoms with Crippen LogP contribution in [0.15, 0.2) is 0 Å². The van der Waals surface area contributed by atoms with Gasteiger partial charge in [0.25, 0.3) is 0 Å². The molecule has 0 saturated heterocycles. The first-order chi connectivity index (χ1) is 3.13. The van der Waals surface area contributed by atoms with Gasteiger partial charge in [-0.1, -0.05) is 7.43 Å². The lowest BCUT2D eigenvalue weighted by Crippen LogP contribution is -2.05. The van der Waals surface area contributed by atoms with E-state index in [0.717, 1.165) is 0 Å². The van der Waals surface area contributed by atoms with Gasteiger partial charge in [0, 0.05) is 0 Å². The van der Waals surface area contributed by atoms with E-state index in [1.54, 1.807) is 0 Å². The Bertz CT molecular complexity index is 83.8. The summed E-state index contributed by atoms with van der Waals surface area (Å²) in [6, 6.07) is 0. The summed E-state index contributed by atoms with van der Waals surface area (Å²) in [4.78, 5) is 18.4. The van der Waals surface area contributed by atoms with Gasteiger partial charge >= 0.3 is 12.3 Å². The average molecular weight is 122 g/mol. The van der Waals surface area contributed by atoms with E-state index >= 15 is 0 Å². The second kappa shape index (κ2) is 3.91. The Morgan fingerprint density at radius 3 is 1.38 bits per heavy atom. The van der Waals surface area contributed by atoms with Crippen molar-refractivity contribution in [3.8, 4) is 0 Å². The average Bonchev–Trinajstić information content (AvgIpc) is 1.27. The molecule has 0 saturated carbocycles. The maximum atomic E-state index is 9.21. The second-order valence-electron chi connectivity index (χ2n) is 0.634. The molecule has 5 nitrogen and oxygen atoms in total. The highest BCUT2D eigenvalue weighted by atomic mass is 16.7. The van der Waals surface area contributed by atoms with Gasteiger partial charge in [-0.25, -0.2) is 9.59 Å². The zero-order chi connectivity index (χ0) is 5.86. The number of hydrogen-bond acceptors (Lipinski definition) is 3. The fourth-order valence-electron chi connectivity index (χ4n) is 0.0747. The van der Waals surface area contributed by atoms with E-state index in [2.05, 4.69) is 4.74 Å². The fraction of sp³-hybridized carbons (Fsp3) is 0.333. The molecule has 0 heterocycles. The number of rotatable bonds is 0. The normalized spacial score (nSPS) is 6.50. The third-order valence-electron chi connectivity index (χ3n) is 0.175. The predicted molar refractivity (Wildman–Crippen MR) is 23.9 cm³/mol. The van der Waals surface area contributed by atoms with Gasteiger partial charge in [-0.15, -0.1) is 0 Å². The van der Waals surface area contributed by atoms with Crippen molar-refractivity contribution >= 4 is 12.3 Å². The summed E-state index contributed by atoms with van der Waals surface area (Å²) < 4.78 is 3.08. The molecule has 0 aliphatic rings. The first-order valence-electron chi connectivity index (χ1n) is 1.26. The Morgan fingerprint density at radius 1 is 1.12 bits per heavy atom. The van der Waals surface area contributed by atoms with Crippen molar-refractivity contribution in [2.75, 3.05) is 0 Å². The zero-order valence-electron chi connectivity index (χ0n) is 3.12. The second-order valence-corrected chi connectivity index (χ2v) is 0.634. The highest BCUT2D eigenvalue weighted by molar-refractivity contribution is 5.74. The molecule has 2 N–H and O–H groups in total. The summed E-state index contributed by atoms with van der Waals surface area (Å²) in [7, 11) is 0. The molecule has 0 aliphatic carbocycles. The maximum Gasteiger partial charge on any atom is 0.516 e. The summed E-state index contributed by atoms with van der Waals surface area (Å²) >= 11 is 0. The van der Waals surface area contributed by atoms with Crippen LogP contribution in [-0.2, 0) is 4.74 Å². The van der Waals surface area contributed by atoms with Gasteiger partial charge < -0.3 is 14.9 Å². The Balaban J connectivity index is 0. The van der Waals surface area contributed by atoms with Gasteiger partial charge in [0.05, 0.1) is 0 Å². The molecule has 0 amide bonds. The Morgan fingerprint density at radius 2 is 1.38 bits per heavy atom. The van der Waals surface area contributed by atoms with Crippen LogP contribution in [0.1, 0.15) is 7.43 Å². The molecule has 0 atom stereocenters. The van der Waals surface area contributed by atoms with E-state index < -0.39 is 12.3 Å². The lowest BCUT2D eigenvalue weighted by atomic mass is 11.3. The Kier molecular flexibility index (Phi) is 4.84. The standard InChI is InChI=1S/C2H2O5.CH4/c3-1(4)7-2(5)6;/h(H,3,4)(H,5,6);1H4. The molecule has 0 spiro atoms. The molecule has 5 heteroatoms. The topological polar surface area (TPSA) is 83.8 Å². The van der Waals surface area contributed by atoms with Gasteiger partial charge in [-0.3, -0.25) is 0 Å². The quantitative estimate of drug-likeness (QED) is 0.369. The Hall–Kier alpha value is -1.26. The van der Waals surface area contributed by atoms with Crippen molar-refractivity contribution in [3.63, 3.8) is 0 Å². The smallest absolute Gasteiger partial charge is 0.449 e. The van der Waals surface area contributed by atoms with Crippen LogP contribution in [0.2, 0.25) is 0 Å². The molecule has 0 unspecified atom stereocenters. The number of hydrogen-bond donors (Lipinski definition) is 2. The van der Waals surface area contributed by atoms with Gasteiger partial charge in [0.15, 0.2) is 0 Å². The molecule has 8 heavy (non-hydrogen) atoms. The van der Waals surface area contributed by atoms with Crippen molar-refractivity contribution in [2.24, 2.45) is 0 Å². The van der Waals surface area contributed by atoms with Crippen molar-refractivity contribution in [1.82, 2.24) is 0 Å². The summed E-state index contributed by atoms with van der Waals surface area (Å²) in [6.07, 6.45) is -3.62. The van der Waals surface area contributed by atoms with Crippen LogP contribution in [0.5, 0.6) is 0 Å². The summed E-state index contributed by atoms with van der Waals surface area (Å²) in [5.41, 5.74) is 0. The van der Waals surface area contributed by atoms with Gasteiger partial charge in [0.1, 0.15) is 0 Å². The van der Waals surface area contributed by atoms with Crippen molar-refractivity contribution in [2.45, 2.75) is 7.43 Å². The van der Waals surface area contributed by atoms with E-state index in [4.69, 9.17) is 10.2 Å². The van der Waals surface area contributed by atoms with Gasteiger partial charge in [-0.2, -0.15) is 0 Å². The predicted octanol–water partition coefficient (Wildman–Crippen LogP) is 0.995. The Labute approximate surface area is 45.5 Å². The molecular weight excluding hydrogens is 116 g/mol. The van der Waals surface area contributed by atoms with Crippen molar-refractivity contribution in [3.05, 3.63) is 0 Å². The van der Waals surface area contributed by atoms with E-state index in [1.807, 2.05) is 0 Å².